The average Bonchev–Trinajstić information content (AvgIpc) is 3.01. The third-order valence-corrected chi connectivity index (χ3v) is 4.61. The van der Waals surface area contributed by atoms with Crippen molar-refractivity contribution in [2.24, 2.45) is 0 Å². The van der Waals surface area contributed by atoms with Crippen LogP contribution in [0.4, 0.5) is 11.9 Å². The quantitative estimate of drug-likeness (QED) is 0.824. The number of rotatable bonds is 6. The van der Waals surface area contributed by atoms with Gasteiger partial charge in [-0.25, -0.2) is 0 Å². The number of anilines is 2. The zero-order chi connectivity index (χ0) is 17.8. The van der Waals surface area contributed by atoms with E-state index < -0.39 is 6.10 Å². The monoisotopic (exact) mass is 342 g/mol. The van der Waals surface area contributed by atoms with E-state index in [1.807, 2.05) is 49.3 Å². The Hall–Kier alpha value is -2.25. The molecule has 1 aliphatic rings. The fourth-order valence-corrected chi connectivity index (χ4v) is 3.32. The Morgan fingerprint density at radius 1 is 1.24 bits per heavy atom. The molecule has 0 bridgehead atoms. The molecule has 7 heteroatoms. The molecule has 0 radical (unpaired) electrons. The fourth-order valence-electron chi connectivity index (χ4n) is 3.32. The molecule has 25 heavy (non-hydrogen) atoms. The summed E-state index contributed by atoms with van der Waals surface area (Å²) >= 11 is 0. The SMILES string of the molecule is CN(C)c1nc(N)nc(CN2CCC[C@@H]2C[C@@H](O)c2ccccc2)n1. The number of aliphatic hydroxyl groups is 1. The van der Waals surface area contributed by atoms with Crippen LogP contribution in [0, 0.1) is 0 Å². The topological polar surface area (TPSA) is 91.4 Å². The van der Waals surface area contributed by atoms with E-state index in [0.29, 0.717) is 30.8 Å². The summed E-state index contributed by atoms with van der Waals surface area (Å²) in [6.07, 6.45) is 2.45. The van der Waals surface area contributed by atoms with E-state index in [1.165, 1.54) is 0 Å². The summed E-state index contributed by atoms with van der Waals surface area (Å²) in [5, 5.41) is 10.5. The molecule has 2 atom stereocenters. The van der Waals surface area contributed by atoms with E-state index >= 15 is 0 Å². The summed E-state index contributed by atoms with van der Waals surface area (Å²) in [4.78, 5) is 17.1. The summed E-state index contributed by atoms with van der Waals surface area (Å²) in [7, 11) is 3.76. The normalized spacial score (nSPS) is 19.1. The third-order valence-electron chi connectivity index (χ3n) is 4.61. The predicted molar refractivity (Wildman–Crippen MR) is 98.0 cm³/mol. The van der Waals surface area contributed by atoms with Crippen LogP contribution in [0.5, 0.6) is 0 Å². The first-order valence-corrected chi connectivity index (χ1v) is 8.67. The van der Waals surface area contributed by atoms with Crippen LogP contribution < -0.4 is 10.6 Å². The molecule has 1 saturated heterocycles. The highest BCUT2D eigenvalue weighted by atomic mass is 16.3. The number of nitrogen functional groups attached to an aromatic ring is 1. The molecule has 134 valence electrons. The van der Waals surface area contributed by atoms with Gasteiger partial charge in [-0.2, -0.15) is 15.0 Å². The van der Waals surface area contributed by atoms with Crippen LogP contribution in [-0.2, 0) is 6.54 Å². The molecule has 3 N–H and O–H groups in total. The molecule has 2 heterocycles. The first-order valence-electron chi connectivity index (χ1n) is 8.67. The summed E-state index contributed by atoms with van der Waals surface area (Å²) in [6, 6.07) is 10.1. The van der Waals surface area contributed by atoms with E-state index in [9.17, 15) is 5.11 Å². The Bertz CT molecular complexity index is 693. The summed E-state index contributed by atoms with van der Waals surface area (Å²) in [5.74, 6) is 1.49. The minimum Gasteiger partial charge on any atom is -0.388 e. The van der Waals surface area contributed by atoms with Crippen molar-refractivity contribution in [2.45, 2.75) is 38.0 Å². The number of nitrogens with zero attached hydrogens (tertiary/aromatic N) is 5. The van der Waals surface area contributed by atoms with Crippen LogP contribution in [-0.4, -0.2) is 51.6 Å². The van der Waals surface area contributed by atoms with Gasteiger partial charge in [0.15, 0.2) is 0 Å². The second kappa shape index (κ2) is 7.76. The number of hydrogen-bond acceptors (Lipinski definition) is 7. The van der Waals surface area contributed by atoms with Gasteiger partial charge in [0, 0.05) is 20.1 Å². The molecule has 0 aliphatic carbocycles. The van der Waals surface area contributed by atoms with Crippen LogP contribution in [0.2, 0.25) is 0 Å². The van der Waals surface area contributed by atoms with Gasteiger partial charge in [0.2, 0.25) is 11.9 Å². The Labute approximate surface area is 148 Å². The van der Waals surface area contributed by atoms with Crippen LogP contribution in [0.25, 0.3) is 0 Å². The van der Waals surface area contributed by atoms with Gasteiger partial charge in [-0.3, -0.25) is 4.90 Å². The highest BCUT2D eigenvalue weighted by molar-refractivity contribution is 5.32. The first kappa shape index (κ1) is 17.6. The number of benzene rings is 1. The summed E-state index contributed by atoms with van der Waals surface area (Å²) in [5.41, 5.74) is 6.78. The lowest BCUT2D eigenvalue weighted by molar-refractivity contribution is 0.117. The van der Waals surface area contributed by atoms with Crippen LogP contribution >= 0.6 is 0 Å². The maximum atomic E-state index is 10.5. The average molecular weight is 342 g/mol. The molecular weight excluding hydrogens is 316 g/mol. The van der Waals surface area contributed by atoms with Gasteiger partial charge in [-0.1, -0.05) is 30.3 Å². The van der Waals surface area contributed by atoms with Crippen molar-refractivity contribution >= 4 is 11.9 Å². The van der Waals surface area contributed by atoms with Crippen LogP contribution in [0.3, 0.4) is 0 Å². The highest BCUT2D eigenvalue weighted by Gasteiger charge is 2.28. The number of likely N-dealkylation sites (tertiary alicyclic amines) is 1. The molecule has 2 aromatic rings. The molecule has 7 nitrogen and oxygen atoms in total. The van der Waals surface area contributed by atoms with E-state index in [4.69, 9.17) is 5.73 Å². The van der Waals surface area contributed by atoms with Gasteiger partial charge in [0.1, 0.15) is 5.82 Å². The maximum absolute atomic E-state index is 10.5. The number of nitrogens with two attached hydrogens (primary N) is 1. The van der Waals surface area contributed by atoms with Crippen molar-refractivity contribution in [1.82, 2.24) is 19.9 Å². The Morgan fingerprint density at radius 2 is 2.00 bits per heavy atom. The molecular formula is C18H26N6O. The molecule has 0 spiro atoms. The van der Waals surface area contributed by atoms with Crippen molar-refractivity contribution in [2.75, 3.05) is 31.3 Å². The summed E-state index contributed by atoms with van der Waals surface area (Å²) in [6.45, 7) is 1.61. The lowest BCUT2D eigenvalue weighted by atomic mass is 10.0. The van der Waals surface area contributed by atoms with Gasteiger partial charge in [0.25, 0.3) is 0 Å². The Kier molecular flexibility index (Phi) is 5.45. The third kappa shape index (κ3) is 4.43. The van der Waals surface area contributed by atoms with Crippen molar-refractivity contribution in [3.8, 4) is 0 Å². The fraction of sp³-hybridized carbons (Fsp3) is 0.500. The van der Waals surface area contributed by atoms with Crippen molar-refractivity contribution in [3.05, 3.63) is 41.7 Å². The lowest BCUT2D eigenvalue weighted by Crippen LogP contribution is -2.31. The minimum atomic E-state index is -0.451. The number of aromatic nitrogens is 3. The van der Waals surface area contributed by atoms with Crippen molar-refractivity contribution in [1.29, 1.82) is 0 Å². The molecule has 1 aliphatic heterocycles. The largest absolute Gasteiger partial charge is 0.388 e. The summed E-state index contributed by atoms with van der Waals surface area (Å²) < 4.78 is 0. The predicted octanol–water partition coefficient (Wildman–Crippen LogP) is 1.61. The zero-order valence-electron chi connectivity index (χ0n) is 14.8. The second-order valence-electron chi connectivity index (χ2n) is 6.73. The molecule has 3 rings (SSSR count). The lowest BCUT2D eigenvalue weighted by Gasteiger charge is -2.26. The van der Waals surface area contributed by atoms with Gasteiger partial charge in [-0.15, -0.1) is 0 Å². The van der Waals surface area contributed by atoms with Gasteiger partial charge in [-0.05, 0) is 31.4 Å². The van der Waals surface area contributed by atoms with Gasteiger partial charge >= 0.3 is 0 Å². The molecule has 0 saturated carbocycles. The van der Waals surface area contributed by atoms with Crippen molar-refractivity contribution in [3.63, 3.8) is 0 Å². The molecule has 0 unspecified atom stereocenters. The number of hydrogen-bond donors (Lipinski definition) is 2. The smallest absolute Gasteiger partial charge is 0.229 e. The molecule has 1 fully saturated rings. The molecule has 0 amide bonds. The molecule has 1 aromatic carbocycles. The van der Waals surface area contributed by atoms with Gasteiger partial charge in [0.05, 0.1) is 12.6 Å². The highest BCUT2D eigenvalue weighted by Crippen LogP contribution is 2.28. The number of aliphatic hydroxyl groups excluding tert-OH is 1. The van der Waals surface area contributed by atoms with E-state index in [1.54, 1.807) is 0 Å². The minimum absolute atomic E-state index is 0.244. The Balaban J connectivity index is 1.68. The molecule has 1 aromatic heterocycles. The van der Waals surface area contributed by atoms with E-state index in [-0.39, 0.29) is 5.95 Å². The van der Waals surface area contributed by atoms with Crippen LogP contribution in [0.15, 0.2) is 30.3 Å². The van der Waals surface area contributed by atoms with E-state index in [2.05, 4.69) is 19.9 Å². The second-order valence-corrected chi connectivity index (χ2v) is 6.73. The van der Waals surface area contributed by atoms with Crippen molar-refractivity contribution < 1.29 is 5.11 Å². The standard InChI is InChI=1S/C18H26N6O/c1-23(2)18-21-16(20-17(19)22-18)12-24-10-6-9-14(24)11-15(25)13-7-4-3-5-8-13/h3-5,7-8,14-15,25H,6,9-12H2,1-2H3,(H2,19,20,21,22)/t14-,15-/m1/s1. The Morgan fingerprint density at radius 3 is 2.72 bits per heavy atom. The van der Waals surface area contributed by atoms with Gasteiger partial charge < -0.3 is 15.7 Å². The first-order chi connectivity index (χ1) is 12.0. The zero-order valence-corrected chi connectivity index (χ0v) is 14.8. The van der Waals surface area contributed by atoms with Crippen LogP contribution in [0.1, 0.15) is 36.8 Å². The van der Waals surface area contributed by atoms with E-state index in [0.717, 1.165) is 24.9 Å². The maximum Gasteiger partial charge on any atom is 0.229 e.